The second-order valence-electron chi connectivity index (χ2n) is 18.3. The fourth-order valence-electron chi connectivity index (χ4n) is 8.02. The molecule has 1 saturated heterocycles. The molecule has 1 aliphatic heterocycles. The highest BCUT2D eigenvalue weighted by atomic mass is 16.7. The van der Waals surface area contributed by atoms with Gasteiger partial charge in [-0.25, -0.2) is 0 Å². The van der Waals surface area contributed by atoms with E-state index in [1.54, 1.807) is 0 Å². The molecule has 0 bridgehead atoms. The Bertz CT molecular complexity index is 1300. The van der Waals surface area contributed by atoms with Gasteiger partial charge in [0.05, 0.1) is 25.4 Å². The molecule has 9 heteroatoms. The van der Waals surface area contributed by atoms with Crippen LogP contribution in [0.3, 0.4) is 0 Å². The Morgan fingerprint density at radius 1 is 0.530 bits per heavy atom. The molecule has 0 aromatic rings. The Morgan fingerprint density at radius 3 is 1.39 bits per heavy atom. The molecule has 0 spiro atoms. The molecule has 0 aliphatic carbocycles. The van der Waals surface area contributed by atoms with Gasteiger partial charge in [0.15, 0.2) is 6.29 Å². The van der Waals surface area contributed by atoms with Crippen LogP contribution in [-0.4, -0.2) is 87.5 Å². The van der Waals surface area contributed by atoms with Crippen LogP contribution in [0.15, 0.2) is 85.1 Å². The summed E-state index contributed by atoms with van der Waals surface area (Å²) < 4.78 is 11.2. The lowest BCUT2D eigenvalue weighted by molar-refractivity contribution is -0.302. The zero-order valence-corrected chi connectivity index (χ0v) is 41.9. The molecular formula is C57H99NO8. The Labute approximate surface area is 403 Å². The number of unbranched alkanes of at least 4 members (excludes halogenated alkanes) is 20. The smallest absolute Gasteiger partial charge is 0.220 e. The van der Waals surface area contributed by atoms with Gasteiger partial charge >= 0.3 is 0 Å². The minimum absolute atomic E-state index is 0.142. The molecule has 1 aliphatic rings. The number of nitrogens with one attached hydrogen (secondary N) is 1. The number of ether oxygens (including phenoxy) is 2. The zero-order chi connectivity index (χ0) is 48.0. The first-order chi connectivity index (χ1) is 32.3. The Kier molecular flexibility index (Phi) is 42.9. The summed E-state index contributed by atoms with van der Waals surface area (Å²) in [6.07, 6.45) is 57.8. The van der Waals surface area contributed by atoms with Crippen LogP contribution < -0.4 is 5.32 Å². The number of amides is 1. The van der Waals surface area contributed by atoms with Crippen LogP contribution in [-0.2, 0) is 14.3 Å². The van der Waals surface area contributed by atoms with Crippen molar-refractivity contribution in [2.45, 2.75) is 256 Å². The minimum atomic E-state index is -1.55. The molecule has 1 heterocycles. The predicted octanol–water partition coefficient (Wildman–Crippen LogP) is 12.7. The molecule has 380 valence electrons. The molecule has 9 nitrogen and oxygen atoms in total. The van der Waals surface area contributed by atoms with Gasteiger partial charge in [-0.3, -0.25) is 4.79 Å². The van der Waals surface area contributed by atoms with E-state index in [1.165, 1.54) is 103 Å². The molecular weight excluding hydrogens is 827 g/mol. The maximum atomic E-state index is 13.0. The third kappa shape index (κ3) is 35.5. The second-order valence-corrected chi connectivity index (χ2v) is 18.3. The molecule has 1 fully saturated rings. The second kappa shape index (κ2) is 46.1. The number of carbonyl (C=O) groups is 1. The molecule has 1 rings (SSSR count). The fraction of sp³-hybridized carbons (Fsp3) is 0.737. The number of aliphatic hydroxyl groups is 5. The normalized spacial score (nSPS) is 20.5. The Balaban J connectivity index is 2.09. The summed E-state index contributed by atoms with van der Waals surface area (Å²) in [4.78, 5) is 13.0. The standard InChI is InChI=1S/C57H99NO8/c1-3-5-7-9-11-13-14-15-16-17-18-19-20-21-22-23-24-25-26-27-28-29-30-31-32-33-34-35-36-37-38-39-41-43-45-47-53(61)58-50(51(60)46-44-42-40-12-10-8-6-4-2)49-65-57-56(64)55(63)54(62)52(48-59)66-57/h5,7,11,13,15-16,18-19,21-22,24-25,27-28,50-52,54-57,59-60,62-64H,3-4,6,8-10,12,14,17,20,23,26,29-49H2,1-2H3,(H,58,61)/b7-5-,13-11-,16-15-,19-18-,22-21-,25-24-,28-27-. The summed E-state index contributed by atoms with van der Waals surface area (Å²) in [7, 11) is 0. The van der Waals surface area contributed by atoms with E-state index in [1.807, 2.05) is 0 Å². The number of allylic oxidation sites excluding steroid dienone is 14. The lowest BCUT2D eigenvalue weighted by Crippen LogP contribution is -2.60. The number of hydrogen-bond acceptors (Lipinski definition) is 8. The first kappa shape index (κ1) is 61.4. The van der Waals surface area contributed by atoms with Crippen molar-refractivity contribution in [2.24, 2.45) is 0 Å². The van der Waals surface area contributed by atoms with Crippen LogP contribution in [0.1, 0.15) is 213 Å². The highest BCUT2D eigenvalue weighted by molar-refractivity contribution is 5.76. The molecule has 7 atom stereocenters. The van der Waals surface area contributed by atoms with Gasteiger partial charge in [-0.1, -0.05) is 221 Å². The van der Waals surface area contributed by atoms with Crippen molar-refractivity contribution >= 4 is 5.91 Å². The van der Waals surface area contributed by atoms with Crippen LogP contribution in [0.5, 0.6) is 0 Å². The minimum Gasteiger partial charge on any atom is -0.394 e. The SMILES string of the molecule is CC/C=C\C/C=C\C/C=C\C/C=C\C/C=C\C/C=C\C/C=C\CCCCCCCCCCCCCCCC(=O)NC(COC1OC(CO)C(O)C(O)C1O)C(O)CCCCCCCCCC. The van der Waals surface area contributed by atoms with Crippen molar-refractivity contribution in [3.05, 3.63) is 85.1 Å². The van der Waals surface area contributed by atoms with E-state index in [0.717, 1.165) is 83.5 Å². The summed E-state index contributed by atoms with van der Waals surface area (Å²) in [5, 5.41) is 54.2. The van der Waals surface area contributed by atoms with Gasteiger partial charge in [0.1, 0.15) is 24.4 Å². The average molecular weight is 926 g/mol. The van der Waals surface area contributed by atoms with E-state index in [4.69, 9.17) is 9.47 Å². The molecule has 7 unspecified atom stereocenters. The van der Waals surface area contributed by atoms with Gasteiger partial charge < -0.3 is 40.3 Å². The van der Waals surface area contributed by atoms with Crippen molar-refractivity contribution in [1.29, 1.82) is 0 Å². The highest BCUT2D eigenvalue weighted by Crippen LogP contribution is 2.23. The monoisotopic (exact) mass is 926 g/mol. The average Bonchev–Trinajstić information content (AvgIpc) is 3.32. The van der Waals surface area contributed by atoms with Crippen LogP contribution in [0.25, 0.3) is 0 Å². The van der Waals surface area contributed by atoms with E-state index < -0.39 is 49.5 Å². The molecule has 66 heavy (non-hydrogen) atoms. The molecule has 6 N–H and O–H groups in total. The fourth-order valence-corrected chi connectivity index (χ4v) is 8.02. The van der Waals surface area contributed by atoms with Crippen molar-refractivity contribution in [2.75, 3.05) is 13.2 Å². The lowest BCUT2D eigenvalue weighted by Gasteiger charge is -2.40. The van der Waals surface area contributed by atoms with Gasteiger partial charge in [-0.2, -0.15) is 0 Å². The van der Waals surface area contributed by atoms with E-state index in [-0.39, 0.29) is 12.5 Å². The largest absolute Gasteiger partial charge is 0.394 e. The number of aliphatic hydroxyl groups excluding tert-OH is 5. The third-order valence-electron chi connectivity index (χ3n) is 12.3. The third-order valence-corrected chi connectivity index (χ3v) is 12.3. The summed E-state index contributed by atoms with van der Waals surface area (Å²) >= 11 is 0. The van der Waals surface area contributed by atoms with Gasteiger partial charge in [-0.15, -0.1) is 0 Å². The van der Waals surface area contributed by atoms with Gasteiger partial charge in [0.2, 0.25) is 5.91 Å². The quantitative estimate of drug-likeness (QED) is 0.0261. The number of rotatable bonds is 44. The van der Waals surface area contributed by atoms with Crippen molar-refractivity contribution < 1.29 is 39.8 Å². The van der Waals surface area contributed by atoms with Crippen LogP contribution in [0.2, 0.25) is 0 Å². The predicted molar refractivity (Wildman–Crippen MR) is 276 cm³/mol. The Hall–Kier alpha value is -2.63. The highest BCUT2D eigenvalue weighted by Gasteiger charge is 2.44. The summed E-state index contributed by atoms with van der Waals surface area (Å²) in [5.74, 6) is -0.152. The van der Waals surface area contributed by atoms with Gasteiger partial charge in [-0.05, 0) is 70.6 Å². The van der Waals surface area contributed by atoms with E-state index in [9.17, 15) is 30.3 Å². The number of hydrogen-bond donors (Lipinski definition) is 6. The van der Waals surface area contributed by atoms with Gasteiger partial charge in [0, 0.05) is 6.42 Å². The maximum Gasteiger partial charge on any atom is 0.220 e. The van der Waals surface area contributed by atoms with Crippen molar-refractivity contribution in [3.8, 4) is 0 Å². The first-order valence-electron chi connectivity index (χ1n) is 26.8. The molecule has 0 radical (unpaired) electrons. The molecule has 0 saturated carbocycles. The van der Waals surface area contributed by atoms with E-state index >= 15 is 0 Å². The lowest BCUT2D eigenvalue weighted by atomic mass is 9.99. The maximum absolute atomic E-state index is 13.0. The van der Waals surface area contributed by atoms with Crippen LogP contribution in [0.4, 0.5) is 0 Å². The Morgan fingerprint density at radius 2 is 0.939 bits per heavy atom. The summed E-state index contributed by atoms with van der Waals surface area (Å²) in [6, 6.07) is -0.721. The van der Waals surface area contributed by atoms with Gasteiger partial charge in [0.25, 0.3) is 0 Å². The van der Waals surface area contributed by atoms with Crippen LogP contribution in [0, 0.1) is 0 Å². The zero-order valence-electron chi connectivity index (χ0n) is 41.9. The summed E-state index contributed by atoms with van der Waals surface area (Å²) in [5.41, 5.74) is 0. The molecule has 0 aromatic carbocycles. The number of carbonyl (C=O) groups excluding carboxylic acids is 1. The van der Waals surface area contributed by atoms with E-state index in [2.05, 4.69) is 104 Å². The topological polar surface area (TPSA) is 149 Å². The first-order valence-corrected chi connectivity index (χ1v) is 26.8. The van der Waals surface area contributed by atoms with Crippen molar-refractivity contribution in [3.63, 3.8) is 0 Å². The summed E-state index contributed by atoms with van der Waals surface area (Å²) in [6.45, 7) is 3.67. The van der Waals surface area contributed by atoms with Crippen LogP contribution >= 0.6 is 0 Å². The molecule has 0 aromatic heterocycles. The van der Waals surface area contributed by atoms with Crippen molar-refractivity contribution in [1.82, 2.24) is 5.32 Å². The van der Waals surface area contributed by atoms with E-state index in [0.29, 0.717) is 12.8 Å². The molecule has 1 amide bonds.